The number of methoxy groups -OCH3 is 1. The largest absolute Gasteiger partial charge is 0.481 e. The van der Waals surface area contributed by atoms with Crippen molar-refractivity contribution in [2.45, 2.75) is 25.7 Å². The molecule has 4 rings (SSSR count). The van der Waals surface area contributed by atoms with E-state index in [0.29, 0.717) is 37.7 Å². The van der Waals surface area contributed by atoms with Crippen molar-refractivity contribution in [1.29, 1.82) is 0 Å². The highest BCUT2D eigenvalue weighted by Gasteiger charge is 2.29. The highest BCUT2D eigenvalue weighted by atomic mass is 16.5. The summed E-state index contributed by atoms with van der Waals surface area (Å²) in [5.41, 5.74) is 2.46. The number of aromatic nitrogens is 4. The number of pyridine rings is 1. The lowest BCUT2D eigenvalue weighted by Crippen LogP contribution is -2.29. The summed E-state index contributed by atoms with van der Waals surface area (Å²) in [4.78, 5) is 18.6. The molecule has 0 radical (unpaired) electrons. The third kappa shape index (κ3) is 4.60. The Morgan fingerprint density at radius 3 is 2.79 bits per heavy atom. The van der Waals surface area contributed by atoms with Gasteiger partial charge in [0.2, 0.25) is 5.88 Å². The number of benzene rings is 1. The first-order valence-corrected chi connectivity index (χ1v) is 9.54. The van der Waals surface area contributed by atoms with E-state index in [-0.39, 0.29) is 11.9 Å². The summed E-state index contributed by atoms with van der Waals surface area (Å²) in [6, 6.07) is 13.6. The minimum absolute atomic E-state index is 0.0332. The van der Waals surface area contributed by atoms with Gasteiger partial charge in [0.1, 0.15) is 5.69 Å². The molecule has 1 atom stereocenters. The molecule has 150 valence electrons. The highest BCUT2D eigenvalue weighted by molar-refractivity contribution is 5.94. The first-order valence-electron chi connectivity index (χ1n) is 9.54. The van der Waals surface area contributed by atoms with Crippen LogP contribution in [-0.4, -0.2) is 51.0 Å². The topological polar surface area (TPSA) is 82.4 Å². The van der Waals surface area contributed by atoms with Crippen LogP contribution in [0.25, 0.3) is 0 Å². The van der Waals surface area contributed by atoms with Gasteiger partial charge in [-0.05, 0) is 18.1 Å². The van der Waals surface area contributed by atoms with Gasteiger partial charge in [-0.25, -0.2) is 9.67 Å². The lowest BCUT2D eigenvalue weighted by molar-refractivity contribution is 0.0786. The number of nitrogens with zero attached hydrogens (tertiary/aromatic N) is 5. The molecule has 0 aliphatic carbocycles. The Hall–Kier alpha value is -3.26. The van der Waals surface area contributed by atoms with Crippen molar-refractivity contribution in [3.8, 4) is 5.88 Å². The van der Waals surface area contributed by atoms with Crippen LogP contribution in [0.2, 0.25) is 0 Å². The molecule has 0 bridgehead atoms. The zero-order valence-electron chi connectivity index (χ0n) is 16.3. The number of ether oxygens (including phenoxy) is 2. The van der Waals surface area contributed by atoms with Crippen molar-refractivity contribution in [2.24, 2.45) is 0 Å². The molecule has 0 spiro atoms. The Morgan fingerprint density at radius 2 is 2.03 bits per heavy atom. The molecular formula is C21H23N5O3. The van der Waals surface area contributed by atoms with Gasteiger partial charge in [-0.1, -0.05) is 35.5 Å². The van der Waals surface area contributed by atoms with Crippen LogP contribution in [0.1, 0.15) is 34.1 Å². The number of carbonyl (C=O) groups excluding carboxylic acids is 1. The second kappa shape index (κ2) is 8.83. The molecular weight excluding hydrogens is 370 g/mol. The van der Waals surface area contributed by atoms with Crippen LogP contribution in [0.3, 0.4) is 0 Å². The zero-order chi connectivity index (χ0) is 20.1. The molecule has 3 heterocycles. The molecule has 8 nitrogen and oxygen atoms in total. The Balaban J connectivity index is 1.30. The number of likely N-dealkylation sites (tertiary alicyclic amines) is 1. The lowest BCUT2D eigenvalue weighted by atomic mass is 10.2. The summed E-state index contributed by atoms with van der Waals surface area (Å²) >= 11 is 0. The van der Waals surface area contributed by atoms with Gasteiger partial charge in [0.05, 0.1) is 38.1 Å². The van der Waals surface area contributed by atoms with Crippen molar-refractivity contribution in [2.75, 3.05) is 20.2 Å². The van der Waals surface area contributed by atoms with E-state index in [1.54, 1.807) is 25.4 Å². The summed E-state index contributed by atoms with van der Waals surface area (Å²) in [7, 11) is 1.55. The predicted octanol–water partition coefficient (Wildman–Crippen LogP) is 2.49. The maximum absolute atomic E-state index is 12.7. The fourth-order valence-electron chi connectivity index (χ4n) is 3.36. The molecule has 1 fully saturated rings. The van der Waals surface area contributed by atoms with E-state index in [2.05, 4.69) is 15.3 Å². The third-order valence-corrected chi connectivity index (χ3v) is 4.94. The second-order valence-corrected chi connectivity index (χ2v) is 6.95. The van der Waals surface area contributed by atoms with Crippen molar-refractivity contribution >= 4 is 5.91 Å². The van der Waals surface area contributed by atoms with Crippen LogP contribution >= 0.6 is 0 Å². The molecule has 1 saturated heterocycles. The molecule has 1 unspecified atom stereocenters. The molecule has 1 aliphatic rings. The van der Waals surface area contributed by atoms with Crippen LogP contribution in [-0.2, 0) is 18.0 Å². The molecule has 0 saturated carbocycles. The number of rotatable bonds is 7. The minimum Gasteiger partial charge on any atom is -0.481 e. The molecule has 1 aliphatic heterocycles. The summed E-state index contributed by atoms with van der Waals surface area (Å²) in [5.74, 6) is 0.458. The Bertz CT molecular complexity index is 942. The average molecular weight is 393 g/mol. The van der Waals surface area contributed by atoms with E-state index in [9.17, 15) is 4.79 Å². The number of amides is 1. The number of carbonyl (C=O) groups is 1. The summed E-state index contributed by atoms with van der Waals surface area (Å²) < 4.78 is 12.6. The molecule has 2 aromatic heterocycles. The molecule has 3 aromatic rings. The second-order valence-electron chi connectivity index (χ2n) is 6.95. The van der Waals surface area contributed by atoms with Gasteiger partial charge in [-0.2, -0.15) is 0 Å². The normalized spacial score (nSPS) is 16.2. The van der Waals surface area contributed by atoms with Crippen molar-refractivity contribution in [3.05, 3.63) is 71.7 Å². The molecule has 8 heteroatoms. The standard InChI is InChI=1S/C21H23N5O3/c1-28-20-8-7-17(11-22-20)21(27)25-10-9-19(13-25)26-12-18(23-24-26)15-29-14-16-5-3-2-4-6-16/h2-8,11-12,19H,9-10,13-15H2,1H3. The maximum atomic E-state index is 12.7. The van der Waals surface area contributed by atoms with Crippen molar-refractivity contribution in [3.63, 3.8) is 0 Å². The Kier molecular flexibility index (Phi) is 5.81. The molecule has 1 amide bonds. The molecule has 29 heavy (non-hydrogen) atoms. The van der Waals surface area contributed by atoms with E-state index in [1.165, 1.54) is 0 Å². The zero-order valence-corrected chi connectivity index (χ0v) is 16.3. The Labute approximate surface area is 169 Å². The minimum atomic E-state index is -0.0332. The highest BCUT2D eigenvalue weighted by Crippen LogP contribution is 2.23. The monoisotopic (exact) mass is 393 g/mol. The molecule has 0 N–H and O–H groups in total. The van der Waals surface area contributed by atoms with Gasteiger partial charge in [0.15, 0.2) is 0 Å². The Morgan fingerprint density at radius 1 is 1.17 bits per heavy atom. The smallest absolute Gasteiger partial charge is 0.255 e. The van der Waals surface area contributed by atoms with Gasteiger partial charge >= 0.3 is 0 Å². The first kappa shape index (κ1) is 19.1. The quantitative estimate of drug-likeness (QED) is 0.613. The summed E-state index contributed by atoms with van der Waals surface area (Å²) in [6.07, 6.45) is 4.29. The van der Waals surface area contributed by atoms with E-state index in [1.807, 2.05) is 46.1 Å². The van der Waals surface area contributed by atoms with Gasteiger partial charge in [0, 0.05) is 25.4 Å². The first-order chi connectivity index (χ1) is 14.2. The fraction of sp³-hybridized carbons (Fsp3) is 0.333. The number of hydrogen-bond acceptors (Lipinski definition) is 6. The van der Waals surface area contributed by atoms with E-state index in [4.69, 9.17) is 9.47 Å². The van der Waals surface area contributed by atoms with Crippen molar-refractivity contribution < 1.29 is 14.3 Å². The van der Waals surface area contributed by atoms with E-state index in [0.717, 1.165) is 17.7 Å². The van der Waals surface area contributed by atoms with Crippen LogP contribution < -0.4 is 4.74 Å². The van der Waals surface area contributed by atoms with E-state index < -0.39 is 0 Å². The number of hydrogen-bond donors (Lipinski definition) is 0. The summed E-state index contributed by atoms with van der Waals surface area (Å²) in [5, 5.41) is 8.43. The maximum Gasteiger partial charge on any atom is 0.255 e. The SMILES string of the molecule is COc1ccc(C(=O)N2CCC(n3cc(COCc4ccccc4)nn3)C2)cn1. The predicted molar refractivity (Wildman–Crippen MR) is 105 cm³/mol. The summed E-state index contributed by atoms with van der Waals surface area (Å²) in [6.45, 7) is 2.21. The third-order valence-electron chi connectivity index (χ3n) is 4.94. The lowest BCUT2D eigenvalue weighted by Gasteiger charge is -2.16. The van der Waals surface area contributed by atoms with Crippen molar-refractivity contribution in [1.82, 2.24) is 24.9 Å². The van der Waals surface area contributed by atoms with Crippen LogP contribution in [0.5, 0.6) is 5.88 Å². The van der Waals surface area contributed by atoms with Crippen LogP contribution in [0.4, 0.5) is 0 Å². The van der Waals surface area contributed by atoms with Gasteiger partial charge < -0.3 is 14.4 Å². The van der Waals surface area contributed by atoms with Gasteiger partial charge in [-0.3, -0.25) is 4.79 Å². The average Bonchev–Trinajstić information content (AvgIpc) is 3.44. The van der Waals surface area contributed by atoms with Gasteiger partial charge in [0.25, 0.3) is 5.91 Å². The van der Waals surface area contributed by atoms with Crippen LogP contribution in [0.15, 0.2) is 54.9 Å². The van der Waals surface area contributed by atoms with Crippen LogP contribution in [0, 0.1) is 0 Å². The molecule has 1 aromatic carbocycles. The fourth-order valence-corrected chi connectivity index (χ4v) is 3.36. The van der Waals surface area contributed by atoms with E-state index >= 15 is 0 Å². The van der Waals surface area contributed by atoms with Gasteiger partial charge in [-0.15, -0.1) is 5.10 Å².